The van der Waals surface area contributed by atoms with E-state index in [1.54, 1.807) is 0 Å². The Morgan fingerprint density at radius 2 is 1.36 bits per heavy atom. The Morgan fingerprint density at radius 1 is 0.773 bits per heavy atom. The van der Waals surface area contributed by atoms with Crippen LogP contribution in [-0.4, -0.2) is 22.9 Å². The fraction of sp³-hybridized carbons (Fsp3) is 1.00. The first-order valence-electron chi connectivity index (χ1n) is 9.87. The molecule has 2 heteroatoms. The summed E-state index contributed by atoms with van der Waals surface area (Å²) in [6.07, 6.45) is 18.7. The van der Waals surface area contributed by atoms with Crippen molar-refractivity contribution in [1.82, 2.24) is 0 Å². The van der Waals surface area contributed by atoms with Crippen LogP contribution < -0.4 is 0 Å². The zero-order valence-electron chi connectivity index (χ0n) is 14.8. The lowest BCUT2D eigenvalue weighted by molar-refractivity contribution is 0.146. The monoisotopic (exact) mass is 310 g/mol. The molecule has 0 aromatic heterocycles. The zero-order valence-corrected chi connectivity index (χ0v) is 14.8. The Hall–Kier alpha value is -0.0800. The largest absolute Gasteiger partial charge is 0.396 e. The molecule has 0 aromatic carbocycles. The van der Waals surface area contributed by atoms with E-state index in [4.69, 9.17) is 5.11 Å². The number of rotatable bonds is 14. The molecule has 0 aromatic rings. The van der Waals surface area contributed by atoms with Crippen molar-refractivity contribution >= 4 is 0 Å². The third kappa shape index (κ3) is 7.00. The van der Waals surface area contributed by atoms with Gasteiger partial charge < -0.3 is 10.2 Å². The minimum absolute atomic E-state index is 0.0659. The molecule has 2 nitrogen and oxygen atoms in total. The van der Waals surface area contributed by atoms with Crippen LogP contribution in [0.1, 0.15) is 103 Å². The first-order chi connectivity index (χ1) is 10.6. The highest BCUT2D eigenvalue weighted by Crippen LogP contribution is 2.52. The van der Waals surface area contributed by atoms with E-state index in [2.05, 4.69) is 6.92 Å². The van der Waals surface area contributed by atoms with Gasteiger partial charge in [0.1, 0.15) is 0 Å². The van der Waals surface area contributed by atoms with Crippen LogP contribution in [0.15, 0.2) is 0 Å². The lowest BCUT2D eigenvalue weighted by Crippen LogP contribution is -2.07. The van der Waals surface area contributed by atoms with Gasteiger partial charge in [0.05, 0.1) is 6.10 Å². The first kappa shape index (κ1) is 18.3. The molecular weight excluding hydrogens is 272 g/mol. The Balaban J connectivity index is 1.35. The van der Waals surface area contributed by atoms with Gasteiger partial charge in [-0.3, -0.25) is 0 Å². The number of unbranched alkanes of at least 4 members (excludes halogenated alkanes) is 4. The Morgan fingerprint density at radius 3 is 1.86 bits per heavy atom. The highest BCUT2D eigenvalue weighted by atomic mass is 16.3. The first-order valence-corrected chi connectivity index (χ1v) is 9.87. The van der Waals surface area contributed by atoms with Crippen molar-refractivity contribution in [1.29, 1.82) is 0 Å². The summed E-state index contributed by atoms with van der Waals surface area (Å²) in [5, 5.41) is 19.1. The van der Waals surface area contributed by atoms with E-state index in [1.165, 1.54) is 77.0 Å². The number of hydrogen-bond donors (Lipinski definition) is 2. The van der Waals surface area contributed by atoms with Crippen molar-refractivity contribution in [3.8, 4) is 0 Å². The minimum Gasteiger partial charge on any atom is -0.396 e. The SMILES string of the molecule is CC1(CCCCCC(O)CCCCCC2(CCO)CC2)CC1. The van der Waals surface area contributed by atoms with E-state index in [0.29, 0.717) is 17.4 Å². The van der Waals surface area contributed by atoms with E-state index >= 15 is 0 Å². The van der Waals surface area contributed by atoms with Gasteiger partial charge in [-0.1, -0.05) is 45.4 Å². The quantitative estimate of drug-likeness (QED) is 0.432. The molecule has 0 radical (unpaired) electrons. The molecule has 0 spiro atoms. The van der Waals surface area contributed by atoms with Gasteiger partial charge in [0.25, 0.3) is 0 Å². The predicted molar refractivity (Wildman–Crippen MR) is 92.9 cm³/mol. The van der Waals surface area contributed by atoms with E-state index in [-0.39, 0.29) is 6.10 Å². The molecule has 0 amide bonds. The Bertz CT molecular complexity index is 305. The fourth-order valence-electron chi connectivity index (χ4n) is 3.81. The summed E-state index contributed by atoms with van der Waals surface area (Å²) in [6, 6.07) is 0. The standard InChI is InChI=1S/C20H38O2/c1-19(12-13-19)10-6-2-4-8-18(22)9-5-3-7-11-20(14-15-20)16-17-21/h18,21-22H,2-17H2,1H3. The summed E-state index contributed by atoms with van der Waals surface area (Å²) >= 11 is 0. The van der Waals surface area contributed by atoms with Crippen LogP contribution in [0.3, 0.4) is 0 Å². The van der Waals surface area contributed by atoms with E-state index in [1.807, 2.05) is 0 Å². The molecule has 1 atom stereocenters. The molecule has 130 valence electrons. The van der Waals surface area contributed by atoms with E-state index in [9.17, 15) is 5.11 Å². The Kier molecular flexibility index (Phi) is 7.21. The molecule has 0 heterocycles. The lowest BCUT2D eigenvalue weighted by atomic mass is 9.94. The number of hydrogen-bond acceptors (Lipinski definition) is 2. The average Bonchev–Trinajstić information content (AvgIpc) is 3.39. The number of aliphatic hydroxyl groups is 2. The van der Waals surface area contributed by atoms with Crippen molar-refractivity contribution in [3.63, 3.8) is 0 Å². The molecule has 2 aliphatic rings. The number of aliphatic hydroxyl groups excluding tert-OH is 2. The van der Waals surface area contributed by atoms with Crippen molar-refractivity contribution in [2.45, 2.75) is 109 Å². The fourth-order valence-corrected chi connectivity index (χ4v) is 3.81. The maximum atomic E-state index is 10.0. The predicted octanol–water partition coefficient (Wildman–Crippen LogP) is 5.21. The highest BCUT2D eigenvalue weighted by Gasteiger charge is 2.40. The van der Waals surface area contributed by atoms with Crippen LogP contribution in [0.25, 0.3) is 0 Å². The van der Waals surface area contributed by atoms with Crippen LogP contribution in [0.4, 0.5) is 0 Å². The smallest absolute Gasteiger partial charge is 0.0540 e. The third-order valence-corrected chi connectivity index (χ3v) is 6.26. The second-order valence-electron chi connectivity index (χ2n) is 8.64. The van der Waals surface area contributed by atoms with Crippen molar-refractivity contribution < 1.29 is 10.2 Å². The summed E-state index contributed by atoms with van der Waals surface area (Å²) in [4.78, 5) is 0. The molecule has 0 saturated heterocycles. The van der Waals surface area contributed by atoms with Gasteiger partial charge in [0.15, 0.2) is 0 Å². The van der Waals surface area contributed by atoms with Crippen LogP contribution in [0.2, 0.25) is 0 Å². The van der Waals surface area contributed by atoms with Gasteiger partial charge in [-0.15, -0.1) is 0 Å². The molecule has 2 N–H and O–H groups in total. The lowest BCUT2D eigenvalue weighted by Gasteiger charge is -2.14. The molecule has 0 bridgehead atoms. The van der Waals surface area contributed by atoms with Crippen LogP contribution in [0, 0.1) is 10.8 Å². The zero-order chi connectivity index (χ0) is 15.9. The van der Waals surface area contributed by atoms with Crippen LogP contribution >= 0.6 is 0 Å². The molecule has 2 aliphatic carbocycles. The third-order valence-electron chi connectivity index (χ3n) is 6.26. The second-order valence-corrected chi connectivity index (χ2v) is 8.64. The van der Waals surface area contributed by atoms with Gasteiger partial charge >= 0.3 is 0 Å². The van der Waals surface area contributed by atoms with Gasteiger partial charge in [-0.05, 0) is 68.6 Å². The molecule has 2 saturated carbocycles. The van der Waals surface area contributed by atoms with Gasteiger partial charge in [-0.25, -0.2) is 0 Å². The van der Waals surface area contributed by atoms with Gasteiger partial charge in [-0.2, -0.15) is 0 Å². The Labute approximate surface area is 137 Å². The maximum absolute atomic E-state index is 10.0. The van der Waals surface area contributed by atoms with E-state index in [0.717, 1.165) is 19.3 Å². The van der Waals surface area contributed by atoms with Crippen LogP contribution in [0.5, 0.6) is 0 Å². The summed E-state index contributed by atoms with van der Waals surface area (Å²) in [5.41, 5.74) is 1.22. The summed E-state index contributed by atoms with van der Waals surface area (Å²) in [5.74, 6) is 0. The average molecular weight is 311 g/mol. The molecule has 2 rings (SSSR count). The van der Waals surface area contributed by atoms with Crippen LogP contribution in [-0.2, 0) is 0 Å². The molecule has 22 heavy (non-hydrogen) atoms. The summed E-state index contributed by atoms with van der Waals surface area (Å²) in [6.45, 7) is 2.77. The van der Waals surface area contributed by atoms with E-state index < -0.39 is 0 Å². The summed E-state index contributed by atoms with van der Waals surface area (Å²) in [7, 11) is 0. The van der Waals surface area contributed by atoms with Crippen molar-refractivity contribution in [2.24, 2.45) is 10.8 Å². The summed E-state index contributed by atoms with van der Waals surface area (Å²) < 4.78 is 0. The molecule has 2 fully saturated rings. The highest BCUT2D eigenvalue weighted by molar-refractivity contribution is 4.92. The molecular formula is C20H38O2. The molecule has 0 aliphatic heterocycles. The van der Waals surface area contributed by atoms with Gasteiger partial charge in [0.2, 0.25) is 0 Å². The maximum Gasteiger partial charge on any atom is 0.0540 e. The van der Waals surface area contributed by atoms with Gasteiger partial charge in [0, 0.05) is 6.61 Å². The topological polar surface area (TPSA) is 40.5 Å². The van der Waals surface area contributed by atoms with Crippen molar-refractivity contribution in [2.75, 3.05) is 6.61 Å². The minimum atomic E-state index is -0.0659. The second kappa shape index (κ2) is 8.68. The normalized spacial score (nSPS) is 22.5. The van der Waals surface area contributed by atoms with Crippen molar-refractivity contribution in [3.05, 3.63) is 0 Å². The molecule has 1 unspecified atom stereocenters.